The molecule has 70 valence electrons. The first kappa shape index (κ1) is 8.69. The largest absolute Gasteiger partial charge is 0.397 e. The number of nitrogens with zero attached hydrogens (tertiary/aromatic N) is 2. The smallest absolute Gasteiger partial charge is 0.0501 e. The van der Waals surface area contributed by atoms with Gasteiger partial charge in [-0.05, 0) is 24.3 Å². The van der Waals surface area contributed by atoms with E-state index in [9.17, 15) is 0 Å². The predicted octanol–water partition coefficient (Wildman–Crippen LogP) is 1.65. The zero-order chi connectivity index (χ0) is 9.80. The molecular weight excluding hydrogens is 174 g/mol. The summed E-state index contributed by atoms with van der Waals surface area (Å²) in [5.74, 6) is 0. The van der Waals surface area contributed by atoms with Gasteiger partial charge in [0.15, 0.2) is 0 Å². The third-order valence-electron chi connectivity index (χ3n) is 1.94. The zero-order valence-corrected chi connectivity index (χ0v) is 7.72. The average molecular weight is 185 g/mol. The molecule has 0 saturated heterocycles. The molecule has 0 atom stereocenters. The molecule has 3 nitrogen and oxygen atoms in total. The van der Waals surface area contributed by atoms with Crippen molar-refractivity contribution in [3.63, 3.8) is 0 Å². The number of nitrogen functional groups attached to an aromatic ring is 1. The van der Waals surface area contributed by atoms with Gasteiger partial charge in [0.1, 0.15) is 0 Å². The maximum absolute atomic E-state index is 5.54. The quantitative estimate of drug-likeness (QED) is 0.774. The highest BCUT2D eigenvalue weighted by atomic mass is 14.7. The first-order valence-corrected chi connectivity index (χ1v) is 4.45. The van der Waals surface area contributed by atoms with E-state index in [1.165, 1.54) is 0 Å². The van der Waals surface area contributed by atoms with E-state index < -0.39 is 0 Å². The van der Waals surface area contributed by atoms with Crippen molar-refractivity contribution in [3.05, 3.63) is 54.1 Å². The lowest BCUT2D eigenvalue weighted by Gasteiger charge is -1.99. The van der Waals surface area contributed by atoms with Gasteiger partial charge in [-0.3, -0.25) is 9.97 Å². The van der Waals surface area contributed by atoms with Gasteiger partial charge in [0.2, 0.25) is 0 Å². The van der Waals surface area contributed by atoms with Crippen molar-refractivity contribution in [1.29, 1.82) is 0 Å². The molecule has 0 aliphatic carbocycles. The van der Waals surface area contributed by atoms with E-state index in [1.54, 1.807) is 12.4 Å². The van der Waals surface area contributed by atoms with Crippen LogP contribution in [-0.2, 0) is 6.42 Å². The molecule has 2 rings (SSSR count). The molecule has 0 unspecified atom stereocenters. The highest BCUT2D eigenvalue weighted by Gasteiger charge is 1.97. The molecule has 0 bridgehead atoms. The molecule has 14 heavy (non-hydrogen) atoms. The average Bonchev–Trinajstić information content (AvgIpc) is 2.23. The van der Waals surface area contributed by atoms with Crippen molar-refractivity contribution < 1.29 is 0 Å². The van der Waals surface area contributed by atoms with E-state index >= 15 is 0 Å². The molecule has 0 radical (unpaired) electrons. The van der Waals surface area contributed by atoms with E-state index in [-0.39, 0.29) is 0 Å². The minimum atomic E-state index is 0.690. The maximum atomic E-state index is 5.54. The zero-order valence-electron chi connectivity index (χ0n) is 7.72. The molecule has 2 aromatic heterocycles. The summed E-state index contributed by atoms with van der Waals surface area (Å²) in [6, 6.07) is 9.63. The third kappa shape index (κ3) is 2.07. The summed E-state index contributed by atoms with van der Waals surface area (Å²) in [6.07, 6.45) is 4.20. The Balaban J connectivity index is 2.16. The van der Waals surface area contributed by atoms with E-state index in [0.29, 0.717) is 5.69 Å². The Morgan fingerprint density at radius 1 is 1.00 bits per heavy atom. The van der Waals surface area contributed by atoms with Crippen molar-refractivity contribution >= 4 is 5.69 Å². The van der Waals surface area contributed by atoms with Crippen molar-refractivity contribution in [1.82, 2.24) is 9.97 Å². The molecule has 2 heterocycles. The Hall–Kier alpha value is -1.90. The molecule has 0 aromatic carbocycles. The number of hydrogen-bond acceptors (Lipinski definition) is 3. The summed E-state index contributed by atoms with van der Waals surface area (Å²) in [4.78, 5) is 8.43. The van der Waals surface area contributed by atoms with Crippen molar-refractivity contribution in [3.8, 4) is 0 Å². The van der Waals surface area contributed by atoms with E-state index in [2.05, 4.69) is 9.97 Å². The second-order valence-electron chi connectivity index (χ2n) is 3.08. The van der Waals surface area contributed by atoms with Crippen molar-refractivity contribution in [2.75, 3.05) is 5.73 Å². The molecule has 0 aliphatic heterocycles. The normalized spacial score (nSPS) is 10.0. The van der Waals surface area contributed by atoms with Gasteiger partial charge in [0.05, 0.1) is 11.9 Å². The number of rotatable bonds is 2. The van der Waals surface area contributed by atoms with Crippen LogP contribution < -0.4 is 5.73 Å². The molecule has 2 aromatic rings. The Morgan fingerprint density at radius 2 is 1.86 bits per heavy atom. The fraction of sp³-hybridized carbons (Fsp3) is 0.0909. The third-order valence-corrected chi connectivity index (χ3v) is 1.94. The van der Waals surface area contributed by atoms with Crippen molar-refractivity contribution in [2.24, 2.45) is 0 Å². The van der Waals surface area contributed by atoms with Gasteiger partial charge in [0, 0.05) is 24.0 Å². The molecular formula is C11H11N3. The summed E-state index contributed by atoms with van der Waals surface area (Å²) in [5, 5.41) is 0. The van der Waals surface area contributed by atoms with Gasteiger partial charge < -0.3 is 5.73 Å². The molecule has 2 N–H and O–H groups in total. The van der Waals surface area contributed by atoms with Crippen LogP contribution in [0, 0.1) is 0 Å². The van der Waals surface area contributed by atoms with Crippen LogP contribution in [0.2, 0.25) is 0 Å². The minimum Gasteiger partial charge on any atom is -0.397 e. The first-order chi connectivity index (χ1) is 6.84. The Bertz CT molecular complexity index is 395. The summed E-state index contributed by atoms with van der Waals surface area (Å²) in [7, 11) is 0. The van der Waals surface area contributed by atoms with Gasteiger partial charge in [0.25, 0.3) is 0 Å². The Labute approximate surface area is 82.6 Å². The molecule has 0 fully saturated rings. The monoisotopic (exact) mass is 185 g/mol. The van der Waals surface area contributed by atoms with Crippen LogP contribution in [0.25, 0.3) is 0 Å². The van der Waals surface area contributed by atoms with Crippen molar-refractivity contribution in [2.45, 2.75) is 6.42 Å². The molecule has 0 aliphatic rings. The van der Waals surface area contributed by atoms with Gasteiger partial charge in [-0.1, -0.05) is 6.07 Å². The lowest BCUT2D eigenvalue weighted by atomic mass is 10.2. The van der Waals surface area contributed by atoms with Crippen LogP contribution in [0.3, 0.4) is 0 Å². The van der Waals surface area contributed by atoms with E-state index in [1.807, 2.05) is 30.3 Å². The lowest BCUT2D eigenvalue weighted by molar-refractivity contribution is 1.01. The number of aromatic nitrogens is 2. The first-order valence-electron chi connectivity index (χ1n) is 4.45. The number of anilines is 1. The van der Waals surface area contributed by atoms with Gasteiger partial charge >= 0.3 is 0 Å². The number of pyridine rings is 2. The van der Waals surface area contributed by atoms with Crippen LogP contribution in [0.1, 0.15) is 11.4 Å². The van der Waals surface area contributed by atoms with Crippen LogP contribution in [0.15, 0.2) is 42.7 Å². The second kappa shape index (κ2) is 3.87. The van der Waals surface area contributed by atoms with Crippen LogP contribution >= 0.6 is 0 Å². The summed E-state index contributed by atoms with van der Waals surface area (Å²) < 4.78 is 0. The Kier molecular flexibility index (Phi) is 2.40. The van der Waals surface area contributed by atoms with Gasteiger partial charge in [-0.15, -0.1) is 0 Å². The summed E-state index contributed by atoms with van der Waals surface area (Å²) in [5.41, 5.74) is 8.23. The second-order valence-corrected chi connectivity index (χ2v) is 3.08. The molecule has 0 spiro atoms. The minimum absolute atomic E-state index is 0.690. The SMILES string of the molecule is Nc1ccc(Cc2ccccn2)nc1. The molecule has 3 heteroatoms. The number of nitrogens with two attached hydrogens (primary N) is 1. The van der Waals surface area contributed by atoms with Crippen LogP contribution in [0.4, 0.5) is 5.69 Å². The predicted molar refractivity (Wildman–Crippen MR) is 55.7 cm³/mol. The fourth-order valence-corrected chi connectivity index (χ4v) is 1.23. The van der Waals surface area contributed by atoms with E-state index in [4.69, 9.17) is 5.73 Å². The standard InChI is InChI=1S/C11H11N3/c12-9-4-5-11(14-8-9)7-10-3-1-2-6-13-10/h1-6,8H,7,12H2. The van der Waals surface area contributed by atoms with Crippen LogP contribution in [0.5, 0.6) is 0 Å². The topological polar surface area (TPSA) is 51.8 Å². The highest BCUT2D eigenvalue weighted by Crippen LogP contribution is 2.06. The molecule has 0 amide bonds. The van der Waals surface area contributed by atoms with E-state index in [0.717, 1.165) is 17.8 Å². The maximum Gasteiger partial charge on any atom is 0.0501 e. The van der Waals surface area contributed by atoms with Gasteiger partial charge in [-0.2, -0.15) is 0 Å². The number of hydrogen-bond donors (Lipinski definition) is 1. The van der Waals surface area contributed by atoms with Gasteiger partial charge in [-0.25, -0.2) is 0 Å². The highest BCUT2D eigenvalue weighted by molar-refractivity contribution is 5.35. The Morgan fingerprint density at radius 3 is 2.50 bits per heavy atom. The molecule has 0 saturated carbocycles. The van der Waals surface area contributed by atoms with Crippen LogP contribution in [-0.4, -0.2) is 9.97 Å². The lowest BCUT2D eigenvalue weighted by Crippen LogP contribution is -1.95. The fourth-order valence-electron chi connectivity index (χ4n) is 1.23. The summed E-state index contributed by atoms with van der Waals surface area (Å²) >= 11 is 0. The summed E-state index contributed by atoms with van der Waals surface area (Å²) in [6.45, 7) is 0.